The Balaban J connectivity index is 3.44. The molecule has 0 aliphatic heterocycles. The highest BCUT2D eigenvalue weighted by Gasteiger charge is 2.07. The van der Waals surface area contributed by atoms with Crippen LogP contribution in [0.3, 0.4) is 0 Å². The van der Waals surface area contributed by atoms with E-state index in [9.17, 15) is 0 Å². The first kappa shape index (κ1) is 14.9. The molecular formula is C13H29NO. The molecule has 0 spiro atoms. The summed E-state index contributed by atoms with van der Waals surface area (Å²) in [5.74, 6) is 1.49. The van der Waals surface area contributed by atoms with E-state index in [0.717, 1.165) is 25.0 Å². The van der Waals surface area contributed by atoms with E-state index in [1.54, 1.807) is 0 Å². The van der Waals surface area contributed by atoms with E-state index < -0.39 is 0 Å². The van der Waals surface area contributed by atoms with Gasteiger partial charge in [-0.3, -0.25) is 0 Å². The molecule has 2 nitrogen and oxygen atoms in total. The normalized spacial score (nSPS) is 13.8. The third-order valence-corrected chi connectivity index (χ3v) is 2.76. The fourth-order valence-electron chi connectivity index (χ4n) is 1.42. The molecule has 0 amide bonds. The van der Waals surface area contributed by atoms with E-state index >= 15 is 0 Å². The van der Waals surface area contributed by atoms with Gasteiger partial charge in [0, 0.05) is 13.2 Å². The highest BCUT2D eigenvalue weighted by Crippen LogP contribution is 2.10. The number of hydrogen-bond acceptors (Lipinski definition) is 2. The number of nitrogens with zero attached hydrogens (tertiary/aromatic N) is 1. The van der Waals surface area contributed by atoms with Crippen molar-refractivity contribution in [3.05, 3.63) is 0 Å². The largest absolute Gasteiger partial charge is 0.381 e. The smallest absolute Gasteiger partial charge is 0.0494 e. The number of hydrogen-bond donors (Lipinski definition) is 0. The molecular weight excluding hydrogens is 186 g/mol. The summed E-state index contributed by atoms with van der Waals surface area (Å²) in [6, 6.07) is 0. The molecule has 0 bridgehead atoms. The lowest BCUT2D eigenvalue weighted by Crippen LogP contribution is -2.19. The predicted molar refractivity (Wildman–Crippen MR) is 67.2 cm³/mol. The highest BCUT2D eigenvalue weighted by atomic mass is 16.5. The molecule has 0 aromatic heterocycles. The van der Waals surface area contributed by atoms with Gasteiger partial charge in [0.05, 0.1) is 0 Å². The van der Waals surface area contributed by atoms with E-state index in [4.69, 9.17) is 4.74 Å². The Morgan fingerprint density at radius 2 is 1.80 bits per heavy atom. The molecule has 0 fully saturated rings. The summed E-state index contributed by atoms with van der Waals surface area (Å²) in [4.78, 5) is 2.25. The van der Waals surface area contributed by atoms with Crippen molar-refractivity contribution in [3.63, 3.8) is 0 Å². The van der Waals surface area contributed by atoms with Crippen molar-refractivity contribution in [1.29, 1.82) is 0 Å². The quantitative estimate of drug-likeness (QED) is 0.548. The maximum Gasteiger partial charge on any atom is 0.0494 e. The molecule has 1 unspecified atom stereocenters. The van der Waals surface area contributed by atoms with E-state index in [1.807, 2.05) is 0 Å². The number of ether oxygens (including phenoxy) is 1. The van der Waals surface area contributed by atoms with Crippen LogP contribution in [0.25, 0.3) is 0 Å². The summed E-state index contributed by atoms with van der Waals surface area (Å²) in [6.45, 7) is 9.78. The first-order valence-electron chi connectivity index (χ1n) is 6.28. The molecule has 15 heavy (non-hydrogen) atoms. The summed E-state index contributed by atoms with van der Waals surface area (Å²) >= 11 is 0. The molecule has 2 heteroatoms. The maximum absolute atomic E-state index is 5.71. The topological polar surface area (TPSA) is 12.5 Å². The van der Waals surface area contributed by atoms with Gasteiger partial charge in [-0.15, -0.1) is 0 Å². The monoisotopic (exact) mass is 215 g/mol. The Morgan fingerprint density at radius 1 is 1.13 bits per heavy atom. The summed E-state index contributed by atoms with van der Waals surface area (Å²) in [7, 11) is 4.26. The Labute approximate surface area is 96.0 Å². The first-order valence-corrected chi connectivity index (χ1v) is 6.28. The second-order valence-electron chi connectivity index (χ2n) is 5.12. The maximum atomic E-state index is 5.71. The molecule has 1 atom stereocenters. The molecule has 92 valence electrons. The van der Waals surface area contributed by atoms with Crippen LogP contribution in [0.1, 0.15) is 40.0 Å². The van der Waals surface area contributed by atoms with Crippen LogP contribution in [0.4, 0.5) is 0 Å². The molecule has 0 saturated heterocycles. The Hall–Kier alpha value is -0.0800. The lowest BCUT2D eigenvalue weighted by molar-refractivity contribution is 0.0843. The molecule has 0 N–H and O–H groups in total. The Kier molecular flexibility index (Phi) is 9.12. The SMILES string of the molecule is CCC(CCN(C)C)COCCC(C)C. The van der Waals surface area contributed by atoms with Gasteiger partial charge in [0.1, 0.15) is 0 Å². The molecule has 0 rings (SSSR count). The second kappa shape index (κ2) is 9.17. The molecule has 0 aliphatic rings. The van der Waals surface area contributed by atoms with Gasteiger partial charge in [-0.05, 0) is 45.3 Å². The molecule has 0 aromatic rings. The fourth-order valence-corrected chi connectivity index (χ4v) is 1.42. The Bertz CT molecular complexity index is 134. The van der Waals surface area contributed by atoms with E-state index in [-0.39, 0.29) is 0 Å². The highest BCUT2D eigenvalue weighted by molar-refractivity contribution is 4.58. The van der Waals surface area contributed by atoms with Crippen molar-refractivity contribution in [2.45, 2.75) is 40.0 Å². The average molecular weight is 215 g/mol. The minimum Gasteiger partial charge on any atom is -0.381 e. The van der Waals surface area contributed by atoms with Crippen molar-refractivity contribution in [1.82, 2.24) is 4.90 Å². The minimum absolute atomic E-state index is 0.736. The summed E-state index contributed by atoms with van der Waals surface area (Å²) in [6.07, 6.45) is 3.67. The van der Waals surface area contributed by atoms with Gasteiger partial charge in [0.15, 0.2) is 0 Å². The first-order chi connectivity index (χ1) is 7.06. The lowest BCUT2D eigenvalue weighted by atomic mass is 10.0. The van der Waals surface area contributed by atoms with Crippen LogP contribution in [0.2, 0.25) is 0 Å². The van der Waals surface area contributed by atoms with Crippen LogP contribution in [-0.4, -0.2) is 38.8 Å². The predicted octanol–water partition coefficient (Wildman–Crippen LogP) is 3.03. The zero-order valence-corrected chi connectivity index (χ0v) is 11.3. The van der Waals surface area contributed by atoms with Gasteiger partial charge < -0.3 is 9.64 Å². The van der Waals surface area contributed by atoms with Gasteiger partial charge in [0.2, 0.25) is 0 Å². The third kappa shape index (κ3) is 10.2. The summed E-state index contributed by atoms with van der Waals surface area (Å²) in [5.41, 5.74) is 0. The van der Waals surface area contributed by atoms with Gasteiger partial charge in [0.25, 0.3) is 0 Å². The fraction of sp³-hybridized carbons (Fsp3) is 1.00. The van der Waals surface area contributed by atoms with E-state index in [2.05, 4.69) is 39.8 Å². The van der Waals surface area contributed by atoms with Crippen molar-refractivity contribution >= 4 is 0 Å². The zero-order chi connectivity index (χ0) is 11.7. The van der Waals surface area contributed by atoms with Crippen molar-refractivity contribution in [3.8, 4) is 0 Å². The van der Waals surface area contributed by atoms with E-state index in [0.29, 0.717) is 0 Å². The zero-order valence-electron chi connectivity index (χ0n) is 11.3. The van der Waals surface area contributed by atoms with Crippen LogP contribution in [0, 0.1) is 11.8 Å². The molecule has 0 radical (unpaired) electrons. The van der Waals surface area contributed by atoms with Crippen molar-refractivity contribution < 1.29 is 4.74 Å². The van der Waals surface area contributed by atoms with Crippen LogP contribution in [0.5, 0.6) is 0 Å². The molecule has 0 heterocycles. The molecule has 0 aromatic carbocycles. The summed E-state index contributed by atoms with van der Waals surface area (Å²) in [5, 5.41) is 0. The van der Waals surface area contributed by atoms with Gasteiger partial charge in [-0.25, -0.2) is 0 Å². The minimum atomic E-state index is 0.736. The Morgan fingerprint density at radius 3 is 2.27 bits per heavy atom. The van der Waals surface area contributed by atoms with Crippen molar-refractivity contribution in [2.75, 3.05) is 33.9 Å². The molecule has 0 aliphatic carbocycles. The lowest BCUT2D eigenvalue weighted by Gasteiger charge is -2.18. The van der Waals surface area contributed by atoms with Gasteiger partial charge in [-0.1, -0.05) is 27.2 Å². The summed E-state index contributed by atoms with van der Waals surface area (Å²) < 4.78 is 5.71. The van der Waals surface area contributed by atoms with Gasteiger partial charge >= 0.3 is 0 Å². The van der Waals surface area contributed by atoms with Crippen LogP contribution in [0.15, 0.2) is 0 Å². The van der Waals surface area contributed by atoms with Crippen LogP contribution < -0.4 is 0 Å². The third-order valence-electron chi connectivity index (χ3n) is 2.76. The van der Waals surface area contributed by atoms with Crippen molar-refractivity contribution in [2.24, 2.45) is 11.8 Å². The second-order valence-corrected chi connectivity index (χ2v) is 5.12. The van der Waals surface area contributed by atoms with E-state index in [1.165, 1.54) is 25.8 Å². The number of rotatable bonds is 9. The average Bonchev–Trinajstić information content (AvgIpc) is 2.16. The standard InChI is InChI=1S/C13H29NO/c1-6-13(7-9-14(4)5)11-15-10-8-12(2)3/h12-13H,6-11H2,1-5H3. The van der Waals surface area contributed by atoms with Gasteiger partial charge in [-0.2, -0.15) is 0 Å². The molecule has 0 saturated carbocycles. The van der Waals surface area contributed by atoms with Crippen LogP contribution in [-0.2, 0) is 4.74 Å². The van der Waals surface area contributed by atoms with Crippen LogP contribution >= 0.6 is 0 Å².